The Balaban J connectivity index is 1.63. The van der Waals surface area contributed by atoms with E-state index in [0.29, 0.717) is 6.54 Å². The maximum absolute atomic E-state index is 12.4. The monoisotopic (exact) mass is 367 g/mol. The van der Waals surface area contributed by atoms with Gasteiger partial charge in [-0.05, 0) is 24.6 Å². The van der Waals surface area contributed by atoms with E-state index in [4.69, 9.17) is 0 Å². The summed E-state index contributed by atoms with van der Waals surface area (Å²) in [6, 6.07) is 15.4. The molecule has 2 amide bonds. The molecule has 5 nitrogen and oxygen atoms in total. The fourth-order valence-electron chi connectivity index (χ4n) is 2.72. The van der Waals surface area contributed by atoms with Crippen molar-refractivity contribution >= 4 is 33.4 Å². The highest BCUT2D eigenvalue weighted by Crippen LogP contribution is 2.22. The van der Waals surface area contributed by atoms with Gasteiger partial charge in [-0.25, -0.2) is 4.98 Å². The molecule has 1 heterocycles. The highest BCUT2D eigenvalue weighted by Gasteiger charge is 2.17. The van der Waals surface area contributed by atoms with E-state index in [-0.39, 0.29) is 24.3 Å². The van der Waals surface area contributed by atoms with E-state index < -0.39 is 0 Å². The number of nitrogens with zero attached hydrogens (tertiary/aromatic N) is 1. The lowest BCUT2D eigenvalue weighted by Crippen LogP contribution is -2.32. The van der Waals surface area contributed by atoms with E-state index in [1.165, 1.54) is 6.92 Å². The number of hydrogen-bond donors (Lipinski definition) is 2. The average molecular weight is 367 g/mol. The minimum absolute atomic E-state index is 0.122. The number of fused-ring (bicyclic) bond motifs is 1. The summed E-state index contributed by atoms with van der Waals surface area (Å²) in [6.07, 6.45) is 0.188. The normalized spacial score (nSPS) is 11.9. The Kier molecular flexibility index (Phi) is 5.63. The first-order chi connectivity index (χ1) is 12.5. The molecule has 0 aliphatic heterocycles. The molecule has 0 fully saturated rings. The van der Waals surface area contributed by atoms with E-state index in [0.717, 1.165) is 26.4 Å². The Morgan fingerprint density at radius 2 is 1.85 bits per heavy atom. The van der Waals surface area contributed by atoms with Gasteiger partial charge < -0.3 is 10.6 Å². The van der Waals surface area contributed by atoms with Gasteiger partial charge in [-0.15, -0.1) is 11.3 Å². The molecular formula is C20H21N3O2S. The lowest BCUT2D eigenvalue weighted by atomic mass is 10.0. The van der Waals surface area contributed by atoms with Crippen molar-refractivity contribution < 1.29 is 9.59 Å². The molecule has 26 heavy (non-hydrogen) atoms. The number of thiazole rings is 1. The number of hydrogen-bond acceptors (Lipinski definition) is 4. The quantitative estimate of drug-likeness (QED) is 0.701. The van der Waals surface area contributed by atoms with Crippen molar-refractivity contribution in [3.05, 3.63) is 64.7 Å². The maximum atomic E-state index is 12.4. The number of carbonyl (C=O) groups is 2. The number of para-hydroxylation sites is 1. The van der Waals surface area contributed by atoms with Crippen LogP contribution in [0.15, 0.2) is 48.5 Å². The molecule has 134 valence electrons. The molecule has 0 aliphatic carbocycles. The Hall–Kier alpha value is -2.73. The number of benzene rings is 2. The zero-order chi connectivity index (χ0) is 18.5. The van der Waals surface area contributed by atoms with E-state index in [1.807, 2.05) is 55.5 Å². The van der Waals surface area contributed by atoms with Gasteiger partial charge in [0.15, 0.2) is 0 Å². The van der Waals surface area contributed by atoms with Crippen LogP contribution in [0.5, 0.6) is 0 Å². The van der Waals surface area contributed by atoms with Crippen molar-refractivity contribution in [3.8, 4) is 0 Å². The van der Waals surface area contributed by atoms with Crippen LogP contribution in [0.4, 0.5) is 0 Å². The standard InChI is InChI=1S/C20H21N3O2S/c1-13-7-9-15(10-8-13)17(22-14(2)24)11-19(25)21-12-20-23-16-5-3-4-6-18(16)26-20/h3-10,17H,11-12H2,1-2H3,(H,21,25)(H,22,24)/t17-/m0/s1. The molecule has 3 aromatic rings. The second kappa shape index (κ2) is 8.10. The first-order valence-electron chi connectivity index (χ1n) is 8.46. The highest BCUT2D eigenvalue weighted by molar-refractivity contribution is 7.18. The SMILES string of the molecule is CC(=O)N[C@@H](CC(=O)NCc1nc2ccccc2s1)c1ccc(C)cc1. The molecule has 0 saturated heterocycles. The molecule has 3 rings (SSSR count). The Morgan fingerprint density at radius 1 is 1.12 bits per heavy atom. The minimum atomic E-state index is -0.344. The van der Waals surface area contributed by atoms with Gasteiger partial charge >= 0.3 is 0 Å². The number of nitrogens with one attached hydrogen (secondary N) is 2. The number of carbonyl (C=O) groups excluding carboxylic acids is 2. The molecule has 0 radical (unpaired) electrons. The Morgan fingerprint density at radius 3 is 2.54 bits per heavy atom. The molecule has 2 aromatic carbocycles. The fraction of sp³-hybridized carbons (Fsp3) is 0.250. The van der Waals surface area contributed by atoms with Gasteiger partial charge in [0, 0.05) is 6.92 Å². The van der Waals surface area contributed by atoms with Gasteiger partial charge in [-0.2, -0.15) is 0 Å². The number of aromatic nitrogens is 1. The van der Waals surface area contributed by atoms with Gasteiger partial charge in [0.25, 0.3) is 0 Å². The average Bonchev–Trinajstić information content (AvgIpc) is 3.03. The summed E-state index contributed by atoms with van der Waals surface area (Å²) in [5, 5.41) is 6.62. The third-order valence-electron chi connectivity index (χ3n) is 4.02. The third-order valence-corrected chi connectivity index (χ3v) is 5.06. The van der Waals surface area contributed by atoms with Crippen LogP contribution in [0.3, 0.4) is 0 Å². The van der Waals surface area contributed by atoms with E-state index >= 15 is 0 Å². The van der Waals surface area contributed by atoms with Crippen molar-refractivity contribution in [2.24, 2.45) is 0 Å². The fourth-order valence-corrected chi connectivity index (χ4v) is 3.63. The molecule has 2 N–H and O–H groups in total. The predicted octanol–water partition coefficient (Wildman–Crippen LogP) is 3.49. The number of rotatable bonds is 6. The van der Waals surface area contributed by atoms with Crippen LogP contribution in [-0.4, -0.2) is 16.8 Å². The Labute approximate surface area is 156 Å². The largest absolute Gasteiger partial charge is 0.350 e. The topological polar surface area (TPSA) is 71.1 Å². The number of aryl methyl sites for hydroxylation is 1. The second-order valence-corrected chi connectivity index (χ2v) is 7.34. The summed E-state index contributed by atoms with van der Waals surface area (Å²) >= 11 is 1.57. The Bertz CT molecular complexity index is 885. The minimum Gasteiger partial charge on any atom is -0.350 e. The summed E-state index contributed by atoms with van der Waals surface area (Å²) in [5.74, 6) is -0.280. The van der Waals surface area contributed by atoms with Crippen LogP contribution >= 0.6 is 11.3 Å². The van der Waals surface area contributed by atoms with E-state index in [1.54, 1.807) is 11.3 Å². The van der Waals surface area contributed by atoms with Gasteiger partial charge in [0.1, 0.15) is 5.01 Å². The molecule has 0 aliphatic rings. The molecule has 0 bridgehead atoms. The van der Waals surface area contributed by atoms with E-state index in [9.17, 15) is 9.59 Å². The molecule has 1 aromatic heterocycles. The van der Waals surface area contributed by atoms with Crippen molar-refractivity contribution in [2.45, 2.75) is 32.9 Å². The smallest absolute Gasteiger partial charge is 0.222 e. The molecule has 6 heteroatoms. The molecular weight excluding hydrogens is 346 g/mol. The summed E-state index contributed by atoms with van der Waals surface area (Å²) in [5.41, 5.74) is 2.99. The zero-order valence-electron chi connectivity index (χ0n) is 14.8. The maximum Gasteiger partial charge on any atom is 0.222 e. The van der Waals surface area contributed by atoms with Gasteiger partial charge in [-0.3, -0.25) is 9.59 Å². The highest BCUT2D eigenvalue weighted by atomic mass is 32.1. The molecule has 0 spiro atoms. The second-order valence-electron chi connectivity index (χ2n) is 6.22. The summed E-state index contributed by atoms with van der Waals surface area (Å²) in [6.45, 7) is 3.85. The lowest BCUT2D eigenvalue weighted by Gasteiger charge is -2.18. The van der Waals surface area contributed by atoms with Gasteiger partial charge in [0.2, 0.25) is 11.8 Å². The van der Waals surface area contributed by atoms with Crippen LogP contribution in [0.2, 0.25) is 0 Å². The molecule has 1 atom stereocenters. The number of amides is 2. The first kappa shape index (κ1) is 18.1. The molecule has 0 unspecified atom stereocenters. The van der Waals surface area contributed by atoms with Gasteiger partial charge in [-0.1, -0.05) is 42.0 Å². The van der Waals surface area contributed by atoms with E-state index in [2.05, 4.69) is 15.6 Å². The zero-order valence-corrected chi connectivity index (χ0v) is 15.6. The van der Waals surface area contributed by atoms with Crippen molar-refractivity contribution in [3.63, 3.8) is 0 Å². The first-order valence-corrected chi connectivity index (χ1v) is 9.28. The lowest BCUT2D eigenvalue weighted by molar-refractivity contribution is -0.122. The van der Waals surface area contributed by atoms with Crippen LogP contribution in [0.25, 0.3) is 10.2 Å². The molecule has 0 saturated carbocycles. The van der Waals surface area contributed by atoms with Crippen molar-refractivity contribution in [1.29, 1.82) is 0 Å². The van der Waals surface area contributed by atoms with Crippen LogP contribution in [0.1, 0.15) is 35.5 Å². The van der Waals surface area contributed by atoms with Crippen LogP contribution in [0, 0.1) is 6.92 Å². The van der Waals surface area contributed by atoms with Gasteiger partial charge in [0.05, 0.1) is 29.2 Å². The summed E-state index contributed by atoms with van der Waals surface area (Å²) in [7, 11) is 0. The summed E-state index contributed by atoms with van der Waals surface area (Å²) in [4.78, 5) is 28.4. The van der Waals surface area contributed by atoms with Crippen molar-refractivity contribution in [2.75, 3.05) is 0 Å². The summed E-state index contributed by atoms with van der Waals surface area (Å²) < 4.78 is 1.10. The van der Waals surface area contributed by atoms with Crippen LogP contribution < -0.4 is 10.6 Å². The third kappa shape index (κ3) is 4.67. The predicted molar refractivity (Wildman–Crippen MR) is 104 cm³/mol. The van der Waals surface area contributed by atoms with Crippen molar-refractivity contribution in [1.82, 2.24) is 15.6 Å². The van der Waals surface area contributed by atoms with Crippen LogP contribution in [-0.2, 0) is 16.1 Å².